The van der Waals surface area contributed by atoms with Crippen molar-refractivity contribution in [2.24, 2.45) is 5.10 Å². The van der Waals surface area contributed by atoms with E-state index in [4.69, 9.17) is 4.74 Å². The molecule has 0 aliphatic carbocycles. The molecule has 4 rings (SSSR count). The standard InChI is InChI=1S/C18H22N8O.ClH/c1-11-8-15(19-2)23-18(21-11)22-12-4-5-14(27-3)13(9-12)17-24-16-10-20-6-7-26(16)25-17;/h4-5,8-10,20H,6-7H2,1-3H3,(H,24,25)(H2,19,21,22,23);1H. The van der Waals surface area contributed by atoms with Crippen LogP contribution in [0.3, 0.4) is 0 Å². The molecule has 0 spiro atoms. The Labute approximate surface area is 169 Å². The van der Waals surface area contributed by atoms with Gasteiger partial charge in [-0.1, -0.05) is 0 Å². The van der Waals surface area contributed by atoms with Crippen LogP contribution in [0.15, 0.2) is 41.4 Å². The van der Waals surface area contributed by atoms with E-state index in [1.807, 2.05) is 49.4 Å². The van der Waals surface area contributed by atoms with Gasteiger partial charge in [-0.15, -0.1) is 12.4 Å². The molecule has 0 amide bonds. The van der Waals surface area contributed by atoms with Crippen LogP contribution in [0.25, 0.3) is 0 Å². The van der Waals surface area contributed by atoms with Crippen LogP contribution in [0.2, 0.25) is 0 Å². The summed E-state index contributed by atoms with van der Waals surface area (Å²) in [5.41, 5.74) is 2.59. The van der Waals surface area contributed by atoms with Crippen molar-refractivity contribution in [3.05, 3.63) is 47.5 Å². The first-order valence-electron chi connectivity index (χ1n) is 8.72. The maximum atomic E-state index is 5.53. The minimum absolute atomic E-state index is 0. The Bertz CT molecular complexity index is 930. The molecule has 2 aliphatic rings. The second-order valence-corrected chi connectivity index (χ2v) is 6.19. The van der Waals surface area contributed by atoms with Crippen LogP contribution >= 0.6 is 12.4 Å². The summed E-state index contributed by atoms with van der Waals surface area (Å²) in [7, 11) is 3.48. The Hall–Kier alpha value is -3.20. The second-order valence-electron chi connectivity index (χ2n) is 6.19. The van der Waals surface area contributed by atoms with Crippen molar-refractivity contribution in [2.45, 2.75) is 6.92 Å². The molecule has 0 bridgehead atoms. The van der Waals surface area contributed by atoms with Crippen LogP contribution in [0.1, 0.15) is 11.3 Å². The molecule has 0 fully saturated rings. The lowest BCUT2D eigenvalue weighted by Crippen LogP contribution is -2.33. The van der Waals surface area contributed by atoms with E-state index in [2.05, 4.69) is 36.3 Å². The lowest BCUT2D eigenvalue weighted by molar-refractivity contribution is 0.352. The average Bonchev–Trinajstić information content (AvgIpc) is 3.11. The molecule has 3 heterocycles. The van der Waals surface area contributed by atoms with Gasteiger partial charge in [-0.25, -0.2) is 9.99 Å². The molecule has 28 heavy (non-hydrogen) atoms. The van der Waals surface area contributed by atoms with Gasteiger partial charge in [-0.2, -0.15) is 10.1 Å². The number of amidine groups is 1. The van der Waals surface area contributed by atoms with Crippen molar-refractivity contribution < 1.29 is 4.74 Å². The Balaban J connectivity index is 0.00000225. The Kier molecular flexibility index (Phi) is 5.74. The lowest BCUT2D eigenvalue weighted by atomic mass is 10.1. The normalized spacial score (nSPS) is 14.6. The molecule has 1 aromatic heterocycles. The van der Waals surface area contributed by atoms with E-state index < -0.39 is 0 Å². The number of nitrogens with one attached hydrogen (secondary N) is 4. The van der Waals surface area contributed by atoms with Crippen LogP contribution in [-0.2, 0) is 0 Å². The number of nitrogens with zero attached hydrogens (tertiary/aromatic N) is 4. The van der Waals surface area contributed by atoms with Gasteiger partial charge < -0.3 is 26.0 Å². The topological polar surface area (TPSA) is 98.7 Å². The molecule has 0 atom stereocenters. The summed E-state index contributed by atoms with van der Waals surface area (Å²) in [5.74, 6) is 3.70. The van der Waals surface area contributed by atoms with E-state index in [1.165, 1.54) is 0 Å². The summed E-state index contributed by atoms with van der Waals surface area (Å²) in [4.78, 5) is 8.88. The third-order valence-corrected chi connectivity index (χ3v) is 4.27. The molecule has 148 valence electrons. The third-order valence-electron chi connectivity index (χ3n) is 4.27. The first kappa shape index (κ1) is 19.6. The first-order chi connectivity index (χ1) is 13.2. The second kappa shape index (κ2) is 8.22. The molecule has 0 saturated heterocycles. The van der Waals surface area contributed by atoms with Crippen LogP contribution in [0, 0.1) is 6.92 Å². The van der Waals surface area contributed by atoms with Crippen LogP contribution in [0.4, 0.5) is 17.5 Å². The molecule has 0 unspecified atom stereocenters. The zero-order chi connectivity index (χ0) is 18.8. The molecule has 0 radical (unpaired) electrons. The van der Waals surface area contributed by atoms with E-state index in [-0.39, 0.29) is 12.4 Å². The van der Waals surface area contributed by atoms with E-state index in [1.54, 1.807) is 7.11 Å². The predicted octanol–water partition coefficient (Wildman–Crippen LogP) is 1.97. The van der Waals surface area contributed by atoms with Crippen molar-refractivity contribution in [1.82, 2.24) is 25.6 Å². The van der Waals surface area contributed by atoms with E-state index in [9.17, 15) is 0 Å². The van der Waals surface area contributed by atoms with Crippen LogP contribution < -0.4 is 26.0 Å². The number of hydrazone groups is 1. The highest BCUT2D eigenvalue weighted by Crippen LogP contribution is 2.27. The summed E-state index contributed by atoms with van der Waals surface area (Å²) in [6.07, 6.45) is 1.93. The summed E-state index contributed by atoms with van der Waals surface area (Å²) >= 11 is 0. The maximum absolute atomic E-state index is 5.53. The molecular weight excluding hydrogens is 380 g/mol. The number of rotatable bonds is 5. The largest absolute Gasteiger partial charge is 0.496 e. The van der Waals surface area contributed by atoms with E-state index in [0.717, 1.165) is 53.3 Å². The number of hydrogen-bond donors (Lipinski definition) is 4. The zero-order valence-electron chi connectivity index (χ0n) is 15.9. The lowest BCUT2D eigenvalue weighted by Gasteiger charge is -2.19. The van der Waals surface area contributed by atoms with Gasteiger partial charge in [0.2, 0.25) is 5.95 Å². The third kappa shape index (κ3) is 3.89. The number of hydrogen-bond acceptors (Lipinski definition) is 9. The predicted molar refractivity (Wildman–Crippen MR) is 112 cm³/mol. The van der Waals surface area contributed by atoms with Gasteiger partial charge >= 0.3 is 0 Å². The zero-order valence-corrected chi connectivity index (χ0v) is 16.7. The number of aromatic nitrogens is 2. The van der Waals surface area contributed by atoms with Crippen molar-refractivity contribution >= 4 is 35.7 Å². The summed E-state index contributed by atoms with van der Waals surface area (Å²) in [5, 5.41) is 19.4. The molecule has 9 nitrogen and oxygen atoms in total. The van der Waals surface area contributed by atoms with Crippen molar-refractivity contribution in [1.29, 1.82) is 0 Å². The summed E-state index contributed by atoms with van der Waals surface area (Å²) in [6, 6.07) is 7.69. The monoisotopic (exact) mass is 402 g/mol. The van der Waals surface area contributed by atoms with Gasteiger partial charge in [-0.3, -0.25) is 0 Å². The molecule has 0 saturated carbocycles. The van der Waals surface area contributed by atoms with Gasteiger partial charge in [0.25, 0.3) is 0 Å². The summed E-state index contributed by atoms with van der Waals surface area (Å²) in [6.45, 7) is 3.61. The van der Waals surface area contributed by atoms with E-state index in [0.29, 0.717) is 5.95 Å². The minimum atomic E-state index is 0. The fourth-order valence-corrected chi connectivity index (χ4v) is 2.98. The highest BCUT2D eigenvalue weighted by Gasteiger charge is 2.24. The number of fused-ring (bicyclic) bond motifs is 1. The fourth-order valence-electron chi connectivity index (χ4n) is 2.98. The average molecular weight is 403 g/mol. The molecule has 2 aromatic rings. The molecule has 10 heteroatoms. The number of anilines is 3. The van der Waals surface area contributed by atoms with Crippen LogP contribution in [-0.4, -0.2) is 48.1 Å². The Morgan fingerprint density at radius 2 is 2.07 bits per heavy atom. The van der Waals surface area contributed by atoms with Crippen molar-refractivity contribution in [2.75, 3.05) is 37.9 Å². The number of benzene rings is 1. The Morgan fingerprint density at radius 3 is 2.82 bits per heavy atom. The minimum Gasteiger partial charge on any atom is -0.496 e. The smallest absolute Gasteiger partial charge is 0.229 e. The number of halogens is 1. The van der Waals surface area contributed by atoms with Gasteiger partial charge in [0, 0.05) is 37.2 Å². The van der Waals surface area contributed by atoms with E-state index >= 15 is 0 Å². The Morgan fingerprint density at radius 1 is 1.21 bits per heavy atom. The number of ether oxygens (including phenoxy) is 1. The first-order valence-corrected chi connectivity index (χ1v) is 8.72. The quantitative estimate of drug-likeness (QED) is 0.602. The highest BCUT2D eigenvalue weighted by atomic mass is 35.5. The SMILES string of the molecule is CNc1cc(C)nc(Nc2ccc(OC)c(C3=NN4CCNC=C4N3)c2)n1.Cl. The van der Waals surface area contributed by atoms with Gasteiger partial charge in [0.1, 0.15) is 17.4 Å². The van der Waals surface area contributed by atoms with Gasteiger partial charge in [-0.05, 0) is 25.1 Å². The maximum Gasteiger partial charge on any atom is 0.229 e. The summed E-state index contributed by atoms with van der Waals surface area (Å²) < 4.78 is 5.53. The highest BCUT2D eigenvalue weighted by molar-refractivity contribution is 6.03. The molecular formula is C18H23ClN8O. The van der Waals surface area contributed by atoms with Crippen molar-refractivity contribution in [3.8, 4) is 5.75 Å². The van der Waals surface area contributed by atoms with Gasteiger partial charge in [0.15, 0.2) is 5.84 Å². The fraction of sp³-hybridized carbons (Fsp3) is 0.278. The van der Waals surface area contributed by atoms with Gasteiger partial charge in [0.05, 0.1) is 19.2 Å². The molecule has 4 N–H and O–H groups in total. The number of aryl methyl sites for hydroxylation is 1. The van der Waals surface area contributed by atoms with Crippen molar-refractivity contribution in [3.63, 3.8) is 0 Å². The molecule has 2 aliphatic heterocycles. The number of methoxy groups -OCH3 is 1. The molecule has 1 aromatic carbocycles. The van der Waals surface area contributed by atoms with Crippen LogP contribution in [0.5, 0.6) is 5.75 Å².